The van der Waals surface area contributed by atoms with Crippen molar-refractivity contribution in [1.29, 1.82) is 0 Å². The quantitative estimate of drug-likeness (QED) is 0.891. The summed E-state index contributed by atoms with van der Waals surface area (Å²) in [6.07, 6.45) is 7.33. The average molecular weight is 301 g/mol. The minimum atomic E-state index is 0.0567. The van der Waals surface area contributed by atoms with Gasteiger partial charge in [0.25, 0.3) is 0 Å². The van der Waals surface area contributed by atoms with Gasteiger partial charge in [-0.05, 0) is 42.3 Å². The lowest BCUT2D eigenvalue weighted by Gasteiger charge is -2.36. The summed E-state index contributed by atoms with van der Waals surface area (Å²) in [6, 6.07) is 8.37. The maximum absolute atomic E-state index is 12.6. The van der Waals surface area contributed by atoms with Crippen molar-refractivity contribution < 1.29 is 4.79 Å². The lowest BCUT2D eigenvalue weighted by atomic mass is 9.78. The number of carbonyl (C=O) groups excluding carboxylic acids is 1. The van der Waals surface area contributed by atoms with Crippen molar-refractivity contribution in [1.82, 2.24) is 5.32 Å². The number of Topliss-reactive ketones (excluding diaryl/α,β-unsaturated/α-hetero) is 1. The van der Waals surface area contributed by atoms with Gasteiger partial charge in [-0.25, -0.2) is 0 Å². The number of ketones is 1. The summed E-state index contributed by atoms with van der Waals surface area (Å²) >= 11 is 1.74. The Morgan fingerprint density at radius 1 is 1.24 bits per heavy atom. The molecule has 1 aliphatic carbocycles. The molecule has 0 saturated heterocycles. The van der Waals surface area contributed by atoms with Crippen LogP contribution in [0.1, 0.15) is 44.1 Å². The van der Waals surface area contributed by atoms with E-state index in [-0.39, 0.29) is 5.54 Å². The van der Waals surface area contributed by atoms with Gasteiger partial charge in [0.05, 0.1) is 0 Å². The molecule has 3 rings (SSSR count). The molecule has 1 aromatic carbocycles. The highest BCUT2D eigenvalue weighted by atomic mass is 32.1. The van der Waals surface area contributed by atoms with Gasteiger partial charge in [0.2, 0.25) is 0 Å². The van der Waals surface area contributed by atoms with Gasteiger partial charge in [-0.1, -0.05) is 37.5 Å². The van der Waals surface area contributed by atoms with E-state index in [2.05, 4.69) is 35.0 Å². The van der Waals surface area contributed by atoms with Gasteiger partial charge in [-0.3, -0.25) is 4.79 Å². The molecule has 0 unspecified atom stereocenters. The number of rotatable bonds is 5. The van der Waals surface area contributed by atoms with Crippen molar-refractivity contribution in [2.24, 2.45) is 0 Å². The van der Waals surface area contributed by atoms with Crippen LogP contribution in [0.2, 0.25) is 0 Å². The maximum atomic E-state index is 12.6. The molecule has 1 aromatic heterocycles. The molecule has 2 aromatic rings. The molecular formula is C18H23NOS. The van der Waals surface area contributed by atoms with E-state index in [0.29, 0.717) is 18.6 Å². The number of nitrogens with one attached hydrogen (secondary N) is 1. The number of hydrogen-bond donors (Lipinski definition) is 1. The summed E-state index contributed by atoms with van der Waals surface area (Å²) in [5.41, 5.74) is 1.25. The molecule has 1 saturated carbocycles. The fourth-order valence-corrected chi connectivity index (χ4v) is 4.53. The largest absolute Gasteiger partial charge is 0.314 e. The average Bonchev–Trinajstić information content (AvgIpc) is 2.91. The zero-order valence-electron chi connectivity index (χ0n) is 12.7. The Labute approximate surface area is 130 Å². The predicted molar refractivity (Wildman–Crippen MR) is 90.0 cm³/mol. The second kappa shape index (κ2) is 6.29. The van der Waals surface area contributed by atoms with Crippen LogP contribution < -0.4 is 5.32 Å². The van der Waals surface area contributed by atoms with Crippen LogP contribution in [0.3, 0.4) is 0 Å². The molecule has 3 heteroatoms. The molecule has 1 fully saturated rings. The van der Waals surface area contributed by atoms with Gasteiger partial charge < -0.3 is 5.32 Å². The Hall–Kier alpha value is -1.19. The summed E-state index contributed by atoms with van der Waals surface area (Å²) in [5.74, 6) is 0.370. The number of hydrogen-bond acceptors (Lipinski definition) is 3. The summed E-state index contributed by atoms with van der Waals surface area (Å²) in [6.45, 7) is 0. The highest BCUT2D eigenvalue weighted by Crippen LogP contribution is 2.32. The molecule has 1 aliphatic rings. The van der Waals surface area contributed by atoms with Crippen LogP contribution in [-0.2, 0) is 11.2 Å². The molecule has 1 N–H and O–H groups in total. The molecule has 0 spiro atoms. The molecule has 0 radical (unpaired) electrons. The van der Waals surface area contributed by atoms with E-state index in [0.717, 1.165) is 12.8 Å². The van der Waals surface area contributed by atoms with Crippen LogP contribution in [0.15, 0.2) is 29.6 Å². The van der Waals surface area contributed by atoms with E-state index >= 15 is 0 Å². The SMILES string of the molecule is CNC1(CC(=O)Cc2csc3ccccc23)CCCCC1. The van der Waals surface area contributed by atoms with E-state index in [1.54, 1.807) is 11.3 Å². The minimum absolute atomic E-state index is 0.0567. The van der Waals surface area contributed by atoms with Crippen LogP contribution in [0.4, 0.5) is 0 Å². The second-order valence-electron chi connectivity index (χ2n) is 6.24. The molecular weight excluding hydrogens is 278 g/mol. The highest BCUT2D eigenvalue weighted by Gasteiger charge is 2.32. The van der Waals surface area contributed by atoms with Crippen LogP contribution in [0.5, 0.6) is 0 Å². The summed E-state index contributed by atoms with van der Waals surface area (Å²) in [4.78, 5) is 12.6. The second-order valence-corrected chi connectivity index (χ2v) is 7.15. The Morgan fingerprint density at radius 2 is 2.00 bits per heavy atom. The van der Waals surface area contributed by atoms with E-state index in [4.69, 9.17) is 0 Å². The van der Waals surface area contributed by atoms with Crippen molar-refractivity contribution in [3.05, 3.63) is 35.2 Å². The number of carbonyl (C=O) groups is 1. The van der Waals surface area contributed by atoms with Crippen molar-refractivity contribution >= 4 is 27.2 Å². The third-order valence-corrected chi connectivity index (χ3v) is 5.84. The third-order valence-electron chi connectivity index (χ3n) is 4.83. The van der Waals surface area contributed by atoms with E-state index in [1.807, 2.05) is 7.05 Å². The smallest absolute Gasteiger partial charge is 0.139 e. The van der Waals surface area contributed by atoms with Gasteiger partial charge in [-0.15, -0.1) is 11.3 Å². The molecule has 2 nitrogen and oxygen atoms in total. The highest BCUT2D eigenvalue weighted by molar-refractivity contribution is 7.17. The van der Waals surface area contributed by atoms with Crippen molar-refractivity contribution in [3.63, 3.8) is 0 Å². The molecule has 0 atom stereocenters. The Balaban J connectivity index is 1.71. The number of benzene rings is 1. The van der Waals surface area contributed by atoms with E-state index < -0.39 is 0 Å². The molecule has 0 bridgehead atoms. The number of fused-ring (bicyclic) bond motifs is 1. The zero-order chi connectivity index (χ0) is 14.7. The first kappa shape index (κ1) is 14.7. The summed E-state index contributed by atoms with van der Waals surface area (Å²) in [5, 5.41) is 6.84. The number of thiophene rings is 1. The first-order valence-electron chi connectivity index (χ1n) is 7.88. The van der Waals surface area contributed by atoms with Crippen LogP contribution in [0, 0.1) is 0 Å². The first-order chi connectivity index (χ1) is 10.2. The zero-order valence-corrected chi connectivity index (χ0v) is 13.5. The monoisotopic (exact) mass is 301 g/mol. The fourth-order valence-electron chi connectivity index (χ4n) is 3.57. The Morgan fingerprint density at radius 3 is 2.76 bits per heavy atom. The van der Waals surface area contributed by atoms with Crippen LogP contribution in [0.25, 0.3) is 10.1 Å². The summed E-state index contributed by atoms with van der Waals surface area (Å²) < 4.78 is 1.28. The Kier molecular flexibility index (Phi) is 4.41. The Bertz CT molecular complexity index is 625. The van der Waals surface area contributed by atoms with Crippen molar-refractivity contribution in [2.45, 2.75) is 50.5 Å². The van der Waals surface area contributed by atoms with Gasteiger partial charge in [0.1, 0.15) is 5.78 Å². The topological polar surface area (TPSA) is 29.1 Å². The lowest BCUT2D eigenvalue weighted by molar-refractivity contribution is -0.120. The van der Waals surface area contributed by atoms with E-state index in [9.17, 15) is 4.79 Å². The van der Waals surface area contributed by atoms with Crippen molar-refractivity contribution in [2.75, 3.05) is 7.05 Å². The minimum Gasteiger partial charge on any atom is -0.314 e. The molecule has 112 valence electrons. The first-order valence-corrected chi connectivity index (χ1v) is 8.76. The summed E-state index contributed by atoms with van der Waals surface area (Å²) in [7, 11) is 2.01. The molecule has 0 amide bonds. The maximum Gasteiger partial charge on any atom is 0.139 e. The third kappa shape index (κ3) is 3.19. The van der Waals surface area contributed by atoms with Gasteiger partial charge in [0.15, 0.2) is 0 Å². The van der Waals surface area contributed by atoms with Crippen LogP contribution >= 0.6 is 11.3 Å². The van der Waals surface area contributed by atoms with E-state index in [1.165, 1.54) is 34.9 Å². The standard InChI is InChI=1S/C18H23NOS/c1-19-18(9-5-2-6-10-18)12-15(20)11-14-13-21-17-8-4-3-7-16(14)17/h3-4,7-8,13,19H,2,5-6,9-12H2,1H3. The normalized spacial score (nSPS) is 18.0. The van der Waals surface area contributed by atoms with Gasteiger partial charge >= 0.3 is 0 Å². The van der Waals surface area contributed by atoms with Gasteiger partial charge in [-0.2, -0.15) is 0 Å². The fraction of sp³-hybridized carbons (Fsp3) is 0.500. The predicted octanol–water partition coefficient (Wildman–Crippen LogP) is 4.33. The molecule has 0 aliphatic heterocycles. The van der Waals surface area contributed by atoms with Crippen molar-refractivity contribution in [3.8, 4) is 0 Å². The lowest BCUT2D eigenvalue weighted by Crippen LogP contribution is -2.46. The molecule has 1 heterocycles. The van der Waals surface area contributed by atoms with Gasteiger partial charge in [0, 0.05) is 23.1 Å². The molecule has 21 heavy (non-hydrogen) atoms. The van der Waals surface area contributed by atoms with Crippen LogP contribution in [-0.4, -0.2) is 18.4 Å².